The number of carboxylic acid groups (broad SMARTS) is 1. The number of nitriles is 1. The van der Waals surface area contributed by atoms with Gasteiger partial charge in [0.05, 0.1) is 23.5 Å². The number of rotatable bonds is 6. The summed E-state index contributed by atoms with van der Waals surface area (Å²) in [5.41, 5.74) is 2.43. The van der Waals surface area contributed by atoms with Crippen molar-refractivity contribution in [1.29, 1.82) is 5.26 Å². The Morgan fingerprint density at radius 2 is 2.21 bits per heavy atom. The van der Waals surface area contributed by atoms with E-state index in [1.54, 1.807) is 23.5 Å². The second-order valence-corrected chi connectivity index (χ2v) is 8.55. The number of H-pyrrole nitrogens is 1. The SMILES string of the molecule is N#CCC1(Cn2cc(-c3ccnc4[nH]ccc34)cn2)CC=CN(c2ccc(C(=O)O)cc2F)C1. The largest absolute Gasteiger partial charge is 0.478 e. The van der Waals surface area contributed by atoms with Crippen LogP contribution in [0.3, 0.4) is 0 Å². The zero-order valence-electron chi connectivity index (χ0n) is 18.1. The van der Waals surface area contributed by atoms with Crippen molar-refractivity contribution in [2.75, 3.05) is 11.4 Å². The van der Waals surface area contributed by atoms with E-state index in [0.717, 1.165) is 28.2 Å². The summed E-state index contributed by atoms with van der Waals surface area (Å²) in [7, 11) is 0. The van der Waals surface area contributed by atoms with Crippen LogP contribution in [0.15, 0.2) is 67.4 Å². The molecule has 0 aliphatic carbocycles. The number of allylic oxidation sites excluding steroid dienone is 1. The summed E-state index contributed by atoms with van der Waals surface area (Å²) in [5, 5.41) is 24.2. The molecule has 1 aliphatic rings. The highest BCUT2D eigenvalue weighted by atomic mass is 19.1. The maximum atomic E-state index is 14.7. The van der Waals surface area contributed by atoms with Crippen LogP contribution in [0.2, 0.25) is 0 Å². The molecule has 3 aromatic heterocycles. The molecule has 4 aromatic rings. The van der Waals surface area contributed by atoms with Crippen molar-refractivity contribution in [3.8, 4) is 17.2 Å². The summed E-state index contributed by atoms with van der Waals surface area (Å²) in [6.45, 7) is 0.866. The monoisotopic (exact) mass is 456 g/mol. The molecular weight excluding hydrogens is 435 g/mol. The third-order valence-corrected chi connectivity index (χ3v) is 6.20. The number of carbonyl (C=O) groups is 1. The highest BCUT2D eigenvalue weighted by Gasteiger charge is 2.35. The van der Waals surface area contributed by atoms with Gasteiger partial charge in [-0.05, 0) is 42.3 Å². The van der Waals surface area contributed by atoms with E-state index in [4.69, 9.17) is 5.11 Å². The number of anilines is 1. The van der Waals surface area contributed by atoms with Gasteiger partial charge >= 0.3 is 5.97 Å². The summed E-state index contributed by atoms with van der Waals surface area (Å²) in [4.78, 5) is 20.3. The lowest BCUT2D eigenvalue weighted by atomic mass is 9.79. The Hall–Kier alpha value is -4.45. The molecule has 170 valence electrons. The van der Waals surface area contributed by atoms with Crippen molar-refractivity contribution in [1.82, 2.24) is 19.7 Å². The maximum absolute atomic E-state index is 14.7. The lowest BCUT2D eigenvalue weighted by molar-refractivity contribution is 0.0696. The Morgan fingerprint density at radius 1 is 1.32 bits per heavy atom. The molecule has 8 nitrogen and oxygen atoms in total. The summed E-state index contributed by atoms with van der Waals surface area (Å²) in [6, 6.07) is 10.1. The molecule has 1 aliphatic heterocycles. The van der Waals surface area contributed by atoms with Crippen molar-refractivity contribution in [3.05, 3.63) is 78.8 Å². The number of nitrogens with zero attached hydrogens (tertiary/aromatic N) is 5. The van der Waals surface area contributed by atoms with Gasteiger partial charge in [0.25, 0.3) is 0 Å². The molecule has 0 amide bonds. The Kier molecular flexibility index (Phi) is 5.34. The minimum absolute atomic E-state index is 0.109. The molecule has 4 heterocycles. The summed E-state index contributed by atoms with van der Waals surface area (Å²) in [5.74, 6) is -1.80. The highest BCUT2D eigenvalue weighted by Crippen LogP contribution is 2.37. The number of aromatic amines is 1. The normalized spacial score (nSPS) is 17.7. The van der Waals surface area contributed by atoms with Crippen LogP contribution in [0.25, 0.3) is 22.2 Å². The average Bonchev–Trinajstić information content (AvgIpc) is 3.48. The fraction of sp³-hybridized carbons (Fsp3) is 0.200. The predicted molar refractivity (Wildman–Crippen MR) is 124 cm³/mol. The van der Waals surface area contributed by atoms with Crippen LogP contribution in [-0.4, -0.2) is 37.4 Å². The van der Waals surface area contributed by atoms with Gasteiger partial charge in [-0.2, -0.15) is 10.4 Å². The molecule has 1 aromatic carbocycles. The van der Waals surface area contributed by atoms with E-state index >= 15 is 0 Å². The summed E-state index contributed by atoms with van der Waals surface area (Å²) >= 11 is 0. The molecule has 0 bridgehead atoms. The minimum Gasteiger partial charge on any atom is -0.478 e. The lowest BCUT2D eigenvalue weighted by Crippen LogP contribution is -2.41. The molecule has 1 unspecified atom stereocenters. The summed E-state index contributed by atoms with van der Waals surface area (Å²) in [6.07, 6.45) is 11.9. The van der Waals surface area contributed by atoms with Crippen molar-refractivity contribution in [2.45, 2.75) is 19.4 Å². The second-order valence-electron chi connectivity index (χ2n) is 8.55. The third kappa shape index (κ3) is 3.90. The van der Waals surface area contributed by atoms with Crippen LogP contribution in [0.5, 0.6) is 0 Å². The molecule has 5 rings (SSSR count). The fourth-order valence-corrected chi connectivity index (χ4v) is 4.56. The first-order valence-corrected chi connectivity index (χ1v) is 10.8. The predicted octanol–water partition coefficient (Wildman–Crippen LogP) is 4.59. The standard InChI is InChI=1S/C25H21FN6O2/c26-21-12-17(24(33)34)2-3-22(21)31-11-1-6-25(15-31,7-8-27)16-32-14-18(13-30-32)19-4-9-28-23-20(19)5-10-29-23/h1-5,9-14H,6-7,15-16H2,(H,28,29)(H,33,34). The molecule has 0 saturated heterocycles. The Labute approximate surface area is 194 Å². The quantitative estimate of drug-likeness (QED) is 0.439. The molecule has 0 radical (unpaired) electrons. The zero-order valence-corrected chi connectivity index (χ0v) is 18.1. The van der Waals surface area contributed by atoms with E-state index in [0.29, 0.717) is 19.5 Å². The molecule has 9 heteroatoms. The van der Waals surface area contributed by atoms with Crippen molar-refractivity contribution in [3.63, 3.8) is 0 Å². The number of halogens is 1. The topological polar surface area (TPSA) is 111 Å². The van der Waals surface area contributed by atoms with E-state index in [-0.39, 0.29) is 17.7 Å². The van der Waals surface area contributed by atoms with Gasteiger partial charge in [0.2, 0.25) is 0 Å². The second kappa shape index (κ2) is 8.48. The van der Waals surface area contributed by atoms with Crippen LogP contribution < -0.4 is 4.90 Å². The van der Waals surface area contributed by atoms with Crippen LogP contribution >= 0.6 is 0 Å². The van der Waals surface area contributed by atoms with Crippen molar-refractivity contribution in [2.24, 2.45) is 5.41 Å². The van der Waals surface area contributed by atoms with Gasteiger partial charge in [0.1, 0.15) is 11.5 Å². The minimum atomic E-state index is -1.18. The number of hydrogen-bond donors (Lipinski definition) is 2. The van der Waals surface area contributed by atoms with Crippen molar-refractivity contribution < 1.29 is 14.3 Å². The number of nitrogens with one attached hydrogen (secondary N) is 1. The van der Waals surface area contributed by atoms with Gasteiger partial charge in [-0.1, -0.05) is 6.08 Å². The van der Waals surface area contributed by atoms with E-state index in [1.807, 2.05) is 35.3 Å². The molecule has 34 heavy (non-hydrogen) atoms. The van der Waals surface area contributed by atoms with Crippen LogP contribution in [-0.2, 0) is 6.54 Å². The number of aromatic carboxylic acids is 1. The van der Waals surface area contributed by atoms with Gasteiger partial charge < -0.3 is 15.0 Å². The maximum Gasteiger partial charge on any atom is 0.335 e. The van der Waals surface area contributed by atoms with E-state index in [1.165, 1.54) is 12.1 Å². The van der Waals surface area contributed by atoms with Crippen molar-refractivity contribution >= 4 is 22.7 Å². The van der Waals surface area contributed by atoms with Crippen LogP contribution in [0, 0.1) is 22.6 Å². The van der Waals surface area contributed by atoms with Gasteiger partial charge in [-0.25, -0.2) is 14.2 Å². The summed E-state index contributed by atoms with van der Waals surface area (Å²) < 4.78 is 16.5. The Balaban J connectivity index is 1.42. The highest BCUT2D eigenvalue weighted by molar-refractivity contribution is 5.92. The van der Waals surface area contributed by atoms with Gasteiger partial charge in [0.15, 0.2) is 0 Å². The molecule has 1 atom stereocenters. The number of hydrogen-bond acceptors (Lipinski definition) is 5. The number of carboxylic acids is 1. The van der Waals surface area contributed by atoms with E-state index in [9.17, 15) is 14.4 Å². The number of aromatic nitrogens is 4. The third-order valence-electron chi connectivity index (χ3n) is 6.20. The van der Waals surface area contributed by atoms with Crippen LogP contribution in [0.1, 0.15) is 23.2 Å². The smallest absolute Gasteiger partial charge is 0.335 e. The number of fused-ring (bicyclic) bond motifs is 1. The average molecular weight is 456 g/mol. The van der Waals surface area contributed by atoms with E-state index in [2.05, 4.69) is 21.1 Å². The van der Waals surface area contributed by atoms with Gasteiger partial charge in [-0.3, -0.25) is 4.68 Å². The molecule has 0 saturated carbocycles. The first-order chi connectivity index (χ1) is 16.5. The Bertz CT molecular complexity index is 1450. The number of pyridine rings is 1. The van der Waals surface area contributed by atoms with Crippen LogP contribution in [0.4, 0.5) is 10.1 Å². The molecule has 0 fully saturated rings. The Morgan fingerprint density at radius 3 is 3.00 bits per heavy atom. The zero-order chi connectivity index (χ0) is 23.7. The lowest BCUT2D eigenvalue weighted by Gasteiger charge is -2.39. The van der Waals surface area contributed by atoms with Gasteiger partial charge in [-0.15, -0.1) is 0 Å². The molecule has 2 N–H and O–H groups in total. The first kappa shape index (κ1) is 21.4. The molecule has 0 spiro atoms. The fourth-order valence-electron chi connectivity index (χ4n) is 4.56. The number of benzene rings is 1. The van der Waals surface area contributed by atoms with E-state index < -0.39 is 17.2 Å². The first-order valence-electron chi connectivity index (χ1n) is 10.8. The molecular formula is C25H21FN6O2. The van der Waals surface area contributed by atoms with Gasteiger partial charge in [0, 0.05) is 60.7 Å².